The minimum absolute atomic E-state index is 0.452. The summed E-state index contributed by atoms with van der Waals surface area (Å²) in [7, 11) is 0. The van der Waals surface area contributed by atoms with Gasteiger partial charge in [0.05, 0.1) is 11.2 Å². The Morgan fingerprint density at radius 2 is 1.72 bits per heavy atom. The topological polar surface area (TPSA) is 12.9 Å². The zero-order valence-corrected chi connectivity index (χ0v) is 15.6. The van der Waals surface area contributed by atoms with Crippen LogP contribution in [0.5, 0.6) is 0 Å². The minimum atomic E-state index is 0.452. The van der Waals surface area contributed by atoms with Crippen molar-refractivity contribution < 1.29 is 0 Å². The van der Waals surface area contributed by atoms with Crippen molar-refractivity contribution in [3.63, 3.8) is 0 Å². The van der Waals surface area contributed by atoms with Crippen molar-refractivity contribution in [2.45, 2.75) is 46.5 Å². The van der Waals surface area contributed by atoms with Crippen LogP contribution in [0.15, 0.2) is 42.5 Å². The van der Waals surface area contributed by atoms with E-state index in [-0.39, 0.29) is 0 Å². The maximum absolute atomic E-state index is 5.04. The third-order valence-corrected chi connectivity index (χ3v) is 6.81. The molecule has 1 fully saturated rings. The van der Waals surface area contributed by atoms with Crippen LogP contribution in [-0.4, -0.2) is 4.98 Å². The van der Waals surface area contributed by atoms with E-state index in [1.54, 1.807) is 11.1 Å². The Labute approximate surface area is 150 Å². The third kappa shape index (κ3) is 2.11. The fourth-order valence-electron chi connectivity index (χ4n) is 5.26. The zero-order chi connectivity index (χ0) is 17.3. The average Bonchev–Trinajstić information content (AvgIpc) is 2.59. The molecule has 2 unspecified atom stereocenters. The van der Waals surface area contributed by atoms with Crippen molar-refractivity contribution in [2.75, 3.05) is 0 Å². The van der Waals surface area contributed by atoms with Crippen LogP contribution in [0.3, 0.4) is 0 Å². The highest BCUT2D eigenvalue weighted by Gasteiger charge is 2.52. The molecule has 6 rings (SSSR count). The lowest BCUT2D eigenvalue weighted by Gasteiger charge is -2.57. The first-order chi connectivity index (χ1) is 11.9. The second kappa shape index (κ2) is 4.94. The van der Waals surface area contributed by atoms with Crippen molar-refractivity contribution in [1.82, 2.24) is 4.98 Å². The van der Waals surface area contributed by atoms with Gasteiger partial charge in [-0.05, 0) is 79.3 Å². The molecule has 0 spiro atoms. The number of hydrogen-bond acceptors (Lipinski definition) is 1. The molecule has 1 aromatic heterocycles. The predicted molar refractivity (Wildman–Crippen MR) is 105 cm³/mol. The normalized spacial score (nSPS) is 23.2. The van der Waals surface area contributed by atoms with Crippen molar-refractivity contribution in [1.29, 1.82) is 0 Å². The van der Waals surface area contributed by atoms with Gasteiger partial charge in [-0.1, -0.05) is 43.2 Å². The Morgan fingerprint density at radius 1 is 0.960 bits per heavy atom. The number of benzene rings is 2. The first-order valence-corrected chi connectivity index (χ1v) is 9.44. The average molecular weight is 327 g/mol. The molecule has 25 heavy (non-hydrogen) atoms. The molecule has 2 bridgehead atoms. The maximum Gasteiger partial charge on any atom is 0.0712 e. The van der Waals surface area contributed by atoms with E-state index in [0.29, 0.717) is 11.3 Å². The number of pyridine rings is 1. The summed E-state index contributed by atoms with van der Waals surface area (Å²) < 4.78 is 0. The summed E-state index contributed by atoms with van der Waals surface area (Å²) in [6.07, 6.45) is 2.60. The third-order valence-electron chi connectivity index (χ3n) is 6.81. The Bertz CT molecular complexity index is 992. The summed E-state index contributed by atoms with van der Waals surface area (Å²) in [6, 6.07) is 15.8. The van der Waals surface area contributed by atoms with Crippen LogP contribution < -0.4 is 0 Å². The second-order valence-electron chi connectivity index (χ2n) is 8.79. The van der Waals surface area contributed by atoms with Gasteiger partial charge in [-0.3, -0.25) is 0 Å². The van der Waals surface area contributed by atoms with Gasteiger partial charge in [-0.15, -0.1) is 0 Å². The van der Waals surface area contributed by atoms with E-state index < -0.39 is 0 Å². The van der Waals surface area contributed by atoms with Gasteiger partial charge in [0.1, 0.15) is 0 Å². The van der Waals surface area contributed by atoms with Gasteiger partial charge in [0.15, 0.2) is 0 Å². The van der Waals surface area contributed by atoms with E-state index in [1.165, 1.54) is 34.9 Å². The van der Waals surface area contributed by atoms with Crippen LogP contribution in [0.25, 0.3) is 22.2 Å². The first-order valence-electron chi connectivity index (χ1n) is 9.44. The SMILES string of the molecule is Cc1cc(C)cc(-c2ccc3c4c(ccc3n2)CC2CC4C2(C)C)c1. The Balaban J connectivity index is 1.68. The van der Waals surface area contributed by atoms with E-state index in [9.17, 15) is 0 Å². The summed E-state index contributed by atoms with van der Waals surface area (Å²) in [6.45, 7) is 9.21. The standard InChI is InChI=1S/C24H25N/c1-14-9-15(2)11-17(10-14)21-8-6-19-22(25-21)7-5-16-12-18-13-20(23(16)19)24(18,3)4/h5-11,18,20H,12-13H2,1-4H3. The molecule has 1 saturated carbocycles. The number of aromatic nitrogens is 1. The molecule has 3 aliphatic rings. The van der Waals surface area contributed by atoms with Crippen LogP contribution in [0.1, 0.15) is 48.4 Å². The van der Waals surface area contributed by atoms with Crippen molar-refractivity contribution in [2.24, 2.45) is 11.3 Å². The highest BCUT2D eigenvalue weighted by molar-refractivity contribution is 5.87. The fourth-order valence-corrected chi connectivity index (χ4v) is 5.26. The molecule has 0 radical (unpaired) electrons. The van der Waals surface area contributed by atoms with E-state index in [2.05, 4.69) is 70.2 Å². The lowest BCUT2D eigenvalue weighted by Crippen LogP contribution is -2.48. The number of rotatable bonds is 1. The molecular formula is C24H25N. The molecule has 0 saturated heterocycles. The molecule has 3 aromatic rings. The van der Waals surface area contributed by atoms with Crippen LogP contribution >= 0.6 is 0 Å². The van der Waals surface area contributed by atoms with E-state index in [4.69, 9.17) is 4.98 Å². The van der Waals surface area contributed by atoms with E-state index in [1.807, 2.05) is 0 Å². The monoisotopic (exact) mass is 327 g/mol. The summed E-state index contributed by atoms with van der Waals surface area (Å²) in [5.74, 6) is 1.57. The molecule has 2 aromatic carbocycles. The van der Waals surface area contributed by atoms with E-state index >= 15 is 0 Å². The molecule has 0 amide bonds. The molecule has 3 aliphatic carbocycles. The zero-order valence-electron chi connectivity index (χ0n) is 15.6. The molecule has 0 aliphatic heterocycles. The molecular weight excluding hydrogens is 302 g/mol. The van der Waals surface area contributed by atoms with Crippen LogP contribution in [0.2, 0.25) is 0 Å². The van der Waals surface area contributed by atoms with Crippen molar-refractivity contribution in [3.05, 3.63) is 64.7 Å². The molecule has 1 nitrogen and oxygen atoms in total. The molecule has 0 N–H and O–H groups in total. The summed E-state index contributed by atoms with van der Waals surface area (Å²) in [4.78, 5) is 5.04. The largest absolute Gasteiger partial charge is 0.248 e. The minimum Gasteiger partial charge on any atom is -0.248 e. The fraction of sp³-hybridized carbons (Fsp3) is 0.375. The Morgan fingerprint density at radius 3 is 2.44 bits per heavy atom. The lowest BCUT2D eigenvalue weighted by atomic mass is 9.47. The second-order valence-corrected chi connectivity index (χ2v) is 8.79. The smallest absolute Gasteiger partial charge is 0.0712 e. The molecule has 126 valence electrons. The van der Waals surface area contributed by atoms with Gasteiger partial charge in [-0.25, -0.2) is 4.98 Å². The van der Waals surface area contributed by atoms with Gasteiger partial charge in [0.25, 0.3) is 0 Å². The molecule has 1 heteroatoms. The quantitative estimate of drug-likeness (QED) is 0.518. The first kappa shape index (κ1) is 15.1. The van der Waals surface area contributed by atoms with Crippen LogP contribution in [0.4, 0.5) is 0 Å². The van der Waals surface area contributed by atoms with Gasteiger partial charge >= 0.3 is 0 Å². The predicted octanol–water partition coefficient (Wildman–Crippen LogP) is 6.20. The van der Waals surface area contributed by atoms with Crippen molar-refractivity contribution >= 4 is 10.9 Å². The van der Waals surface area contributed by atoms with Gasteiger partial charge in [0.2, 0.25) is 0 Å². The number of hydrogen-bond donors (Lipinski definition) is 0. The van der Waals surface area contributed by atoms with Crippen LogP contribution in [-0.2, 0) is 6.42 Å². The van der Waals surface area contributed by atoms with Gasteiger partial charge in [0, 0.05) is 10.9 Å². The number of aryl methyl sites for hydroxylation is 2. The van der Waals surface area contributed by atoms with Gasteiger partial charge < -0.3 is 0 Å². The molecule has 1 heterocycles. The van der Waals surface area contributed by atoms with E-state index in [0.717, 1.165) is 17.1 Å². The number of nitrogens with zero attached hydrogens (tertiary/aromatic N) is 1. The lowest BCUT2D eigenvalue weighted by molar-refractivity contribution is 0.0196. The van der Waals surface area contributed by atoms with Crippen molar-refractivity contribution in [3.8, 4) is 11.3 Å². The summed E-state index contributed by atoms with van der Waals surface area (Å²) in [5, 5.41) is 1.38. The highest BCUT2D eigenvalue weighted by atomic mass is 14.7. The number of fused-ring (bicyclic) bond motifs is 1. The van der Waals surface area contributed by atoms with Gasteiger partial charge in [-0.2, -0.15) is 0 Å². The van der Waals surface area contributed by atoms with Crippen LogP contribution in [0, 0.1) is 25.2 Å². The maximum atomic E-state index is 5.04. The Kier molecular flexibility index (Phi) is 2.99. The summed E-state index contributed by atoms with van der Waals surface area (Å²) >= 11 is 0. The Hall–Kier alpha value is -2.15. The summed E-state index contributed by atoms with van der Waals surface area (Å²) in [5.41, 5.74) is 9.65. The molecule has 2 atom stereocenters. The highest BCUT2D eigenvalue weighted by Crippen LogP contribution is 2.63.